The molecule has 2 heterocycles. The van der Waals surface area contributed by atoms with E-state index in [1.165, 1.54) is 12.8 Å². The molecule has 28 heavy (non-hydrogen) atoms. The van der Waals surface area contributed by atoms with Gasteiger partial charge in [0, 0.05) is 43.6 Å². The van der Waals surface area contributed by atoms with Crippen LogP contribution < -0.4 is 4.74 Å². The molecule has 2 amide bonds. The molecule has 0 spiro atoms. The molecule has 5 heteroatoms. The Labute approximate surface area is 168 Å². The molecule has 4 rings (SSSR count). The molecule has 1 aromatic rings. The van der Waals surface area contributed by atoms with E-state index in [4.69, 9.17) is 4.74 Å². The highest BCUT2D eigenvalue weighted by atomic mass is 16.5. The van der Waals surface area contributed by atoms with Crippen molar-refractivity contribution >= 4 is 11.8 Å². The second-order valence-electron chi connectivity index (χ2n) is 8.61. The molecule has 2 saturated heterocycles. The van der Waals surface area contributed by atoms with E-state index in [-0.39, 0.29) is 11.8 Å². The van der Waals surface area contributed by atoms with Gasteiger partial charge in [-0.2, -0.15) is 0 Å². The summed E-state index contributed by atoms with van der Waals surface area (Å²) in [6.07, 6.45) is 8.89. The van der Waals surface area contributed by atoms with Gasteiger partial charge in [0.15, 0.2) is 0 Å². The highest BCUT2D eigenvalue weighted by Crippen LogP contribution is 2.30. The summed E-state index contributed by atoms with van der Waals surface area (Å²) in [6, 6.07) is 7.58. The predicted molar refractivity (Wildman–Crippen MR) is 108 cm³/mol. The average molecular weight is 385 g/mol. The van der Waals surface area contributed by atoms with Gasteiger partial charge in [0.1, 0.15) is 5.75 Å². The molecule has 0 bridgehead atoms. The number of benzene rings is 1. The second-order valence-corrected chi connectivity index (χ2v) is 8.61. The van der Waals surface area contributed by atoms with Gasteiger partial charge in [-0.25, -0.2) is 0 Å². The fourth-order valence-corrected chi connectivity index (χ4v) is 4.53. The molecular formula is C23H32N2O3. The van der Waals surface area contributed by atoms with Crippen LogP contribution in [0.2, 0.25) is 0 Å². The number of hydrogen-bond acceptors (Lipinski definition) is 3. The van der Waals surface area contributed by atoms with Crippen molar-refractivity contribution < 1.29 is 14.3 Å². The van der Waals surface area contributed by atoms with Crippen molar-refractivity contribution in [2.75, 3.05) is 32.8 Å². The molecule has 3 aliphatic rings. The summed E-state index contributed by atoms with van der Waals surface area (Å²) in [5.41, 5.74) is 0.713. The maximum Gasteiger partial charge on any atom is 0.253 e. The van der Waals surface area contributed by atoms with Crippen molar-refractivity contribution in [3.63, 3.8) is 0 Å². The van der Waals surface area contributed by atoms with E-state index in [2.05, 4.69) is 4.90 Å². The fraction of sp³-hybridized carbons (Fsp3) is 0.652. The molecule has 1 atom stereocenters. The van der Waals surface area contributed by atoms with Gasteiger partial charge in [-0.1, -0.05) is 12.5 Å². The van der Waals surface area contributed by atoms with Crippen molar-refractivity contribution in [2.45, 2.75) is 51.4 Å². The Morgan fingerprint density at radius 1 is 0.929 bits per heavy atom. The topological polar surface area (TPSA) is 49.9 Å². The van der Waals surface area contributed by atoms with E-state index in [1.54, 1.807) is 0 Å². The molecule has 0 N–H and O–H groups in total. The van der Waals surface area contributed by atoms with Gasteiger partial charge in [0.25, 0.3) is 5.91 Å². The minimum Gasteiger partial charge on any atom is -0.493 e. The van der Waals surface area contributed by atoms with Gasteiger partial charge in [-0.05, 0) is 63.1 Å². The van der Waals surface area contributed by atoms with Crippen LogP contribution in [0.25, 0.3) is 0 Å². The molecule has 5 nitrogen and oxygen atoms in total. The number of ether oxygens (including phenoxy) is 1. The SMILES string of the molecule is O=C(c1cccc(OC[C@@H]2CCCN(C(=O)C3CCC3)C2)c1)N1CCCCC1. The largest absolute Gasteiger partial charge is 0.493 e. The van der Waals surface area contributed by atoms with E-state index in [0.29, 0.717) is 24.0 Å². The van der Waals surface area contributed by atoms with Crippen molar-refractivity contribution in [1.82, 2.24) is 9.80 Å². The maximum absolute atomic E-state index is 12.7. The zero-order chi connectivity index (χ0) is 19.3. The van der Waals surface area contributed by atoms with E-state index >= 15 is 0 Å². The lowest BCUT2D eigenvalue weighted by Crippen LogP contribution is -2.45. The van der Waals surface area contributed by atoms with Crippen molar-refractivity contribution in [3.8, 4) is 5.75 Å². The summed E-state index contributed by atoms with van der Waals surface area (Å²) < 4.78 is 6.04. The van der Waals surface area contributed by atoms with E-state index in [9.17, 15) is 9.59 Å². The van der Waals surface area contributed by atoms with Crippen LogP contribution in [0.5, 0.6) is 5.75 Å². The first-order valence-electron chi connectivity index (χ1n) is 11.0. The summed E-state index contributed by atoms with van der Waals surface area (Å²) in [5, 5.41) is 0. The van der Waals surface area contributed by atoms with Crippen LogP contribution in [0.1, 0.15) is 61.7 Å². The highest BCUT2D eigenvalue weighted by molar-refractivity contribution is 5.94. The van der Waals surface area contributed by atoms with Gasteiger partial charge in [-0.3, -0.25) is 9.59 Å². The molecule has 3 fully saturated rings. The number of carbonyl (C=O) groups is 2. The van der Waals surface area contributed by atoms with Gasteiger partial charge in [0.2, 0.25) is 5.91 Å². The number of piperidine rings is 2. The minimum absolute atomic E-state index is 0.111. The number of amides is 2. The lowest BCUT2D eigenvalue weighted by atomic mass is 9.83. The molecule has 0 unspecified atom stereocenters. The first-order valence-corrected chi connectivity index (χ1v) is 11.0. The molecule has 152 valence electrons. The monoisotopic (exact) mass is 384 g/mol. The molecule has 1 aromatic carbocycles. The average Bonchev–Trinajstić information content (AvgIpc) is 2.71. The number of hydrogen-bond donors (Lipinski definition) is 0. The third-order valence-corrected chi connectivity index (χ3v) is 6.50. The highest BCUT2D eigenvalue weighted by Gasteiger charge is 2.32. The Morgan fingerprint density at radius 3 is 2.46 bits per heavy atom. The molecule has 1 saturated carbocycles. The summed E-state index contributed by atoms with van der Waals surface area (Å²) >= 11 is 0. The zero-order valence-corrected chi connectivity index (χ0v) is 16.8. The lowest BCUT2D eigenvalue weighted by molar-refractivity contribution is -0.140. The Hall–Kier alpha value is -2.04. The van der Waals surface area contributed by atoms with E-state index in [1.807, 2.05) is 29.2 Å². The van der Waals surface area contributed by atoms with Crippen LogP contribution in [0.3, 0.4) is 0 Å². The van der Waals surface area contributed by atoms with Gasteiger partial charge in [0.05, 0.1) is 6.61 Å². The van der Waals surface area contributed by atoms with E-state index in [0.717, 1.165) is 70.5 Å². The van der Waals surface area contributed by atoms with E-state index < -0.39 is 0 Å². The smallest absolute Gasteiger partial charge is 0.253 e. The first-order chi connectivity index (χ1) is 13.7. The molecule has 0 radical (unpaired) electrons. The molecule has 0 aromatic heterocycles. The third kappa shape index (κ3) is 4.50. The van der Waals surface area contributed by atoms with Crippen LogP contribution in [-0.2, 0) is 4.79 Å². The van der Waals surface area contributed by atoms with Gasteiger partial charge >= 0.3 is 0 Å². The normalized spacial score (nSPS) is 23.2. The van der Waals surface area contributed by atoms with Crippen molar-refractivity contribution in [3.05, 3.63) is 29.8 Å². The van der Waals surface area contributed by atoms with Crippen LogP contribution in [0, 0.1) is 11.8 Å². The lowest BCUT2D eigenvalue weighted by Gasteiger charge is -2.37. The fourth-order valence-electron chi connectivity index (χ4n) is 4.53. The van der Waals surface area contributed by atoms with Crippen molar-refractivity contribution in [1.29, 1.82) is 0 Å². The Kier molecular flexibility index (Phi) is 6.18. The standard InChI is InChI=1S/C23H32N2O3/c26-22(19-8-4-9-19)25-14-6-7-18(16-25)17-28-21-11-5-10-20(15-21)23(27)24-12-2-1-3-13-24/h5,10-11,15,18-19H,1-4,6-9,12-14,16-17H2/t18-/m1/s1. The molecule has 2 aliphatic heterocycles. The van der Waals surface area contributed by atoms with Gasteiger partial charge < -0.3 is 14.5 Å². The van der Waals surface area contributed by atoms with Gasteiger partial charge in [-0.15, -0.1) is 0 Å². The number of nitrogens with zero attached hydrogens (tertiary/aromatic N) is 2. The zero-order valence-electron chi connectivity index (χ0n) is 16.8. The quantitative estimate of drug-likeness (QED) is 0.777. The second kappa shape index (κ2) is 8.97. The maximum atomic E-state index is 12.7. The number of rotatable bonds is 5. The van der Waals surface area contributed by atoms with Crippen LogP contribution in [-0.4, -0.2) is 54.4 Å². The Bertz CT molecular complexity index is 695. The molecular weight excluding hydrogens is 352 g/mol. The Balaban J connectivity index is 1.30. The number of likely N-dealkylation sites (tertiary alicyclic amines) is 2. The number of carbonyl (C=O) groups excluding carboxylic acids is 2. The summed E-state index contributed by atoms with van der Waals surface area (Å²) in [5.74, 6) is 1.87. The van der Waals surface area contributed by atoms with Crippen LogP contribution in [0.4, 0.5) is 0 Å². The van der Waals surface area contributed by atoms with Crippen LogP contribution >= 0.6 is 0 Å². The first kappa shape index (κ1) is 19.3. The van der Waals surface area contributed by atoms with Crippen LogP contribution in [0.15, 0.2) is 24.3 Å². The summed E-state index contributed by atoms with van der Waals surface area (Å²) in [7, 11) is 0. The Morgan fingerprint density at radius 2 is 1.71 bits per heavy atom. The third-order valence-electron chi connectivity index (χ3n) is 6.50. The predicted octanol–water partition coefficient (Wildman–Crippen LogP) is 3.73. The van der Waals surface area contributed by atoms with Crippen molar-refractivity contribution in [2.24, 2.45) is 11.8 Å². The minimum atomic E-state index is 0.111. The summed E-state index contributed by atoms with van der Waals surface area (Å²) in [4.78, 5) is 29.2. The summed E-state index contributed by atoms with van der Waals surface area (Å²) in [6.45, 7) is 4.02. The molecule has 1 aliphatic carbocycles.